The van der Waals surface area contributed by atoms with Gasteiger partial charge in [0.05, 0.1) is 0 Å². The van der Waals surface area contributed by atoms with Gasteiger partial charge in [0.1, 0.15) is 12.4 Å². The molecule has 140 valence electrons. The molecule has 0 aliphatic heterocycles. The first kappa shape index (κ1) is 19.0. The minimum Gasteiger partial charge on any atom is -0.489 e. The van der Waals surface area contributed by atoms with Crippen molar-refractivity contribution in [2.24, 2.45) is 5.92 Å². The summed E-state index contributed by atoms with van der Waals surface area (Å²) in [5.41, 5.74) is 2.15. The van der Waals surface area contributed by atoms with Crippen molar-refractivity contribution in [1.82, 2.24) is 0 Å². The van der Waals surface area contributed by atoms with Crippen molar-refractivity contribution in [3.05, 3.63) is 83.4 Å². The highest BCUT2D eigenvalue weighted by Gasteiger charge is 2.42. The Balaban J connectivity index is 1.80. The largest absolute Gasteiger partial charge is 0.489 e. The first-order valence-electron chi connectivity index (χ1n) is 8.65. The van der Waals surface area contributed by atoms with Gasteiger partial charge in [-0.15, -0.1) is 0 Å². The summed E-state index contributed by atoms with van der Waals surface area (Å²) in [6.45, 7) is 2.02. The Bertz CT molecular complexity index is 880. The van der Waals surface area contributed by atoms with Crippen LogP contribution in [0.25, 0.3) is 5.57 Å². The molecule has 2 aromatic carbocycles. The highest BCUT2D eigenvalue weighted by atomic mass is 19.4. The Hall–Kier alpha value is -2.82. The smallest absolute Gasteiger partial charge is 0.454 e. The molecule has 0 unspecified atom stereocenters. The van der Waals surface area contributed by atoms with Crippen molar-refractivity contribution in [3.8, 4) is 5.75 Å². The van der Waals surface area contributed by atoms with E-state index in [0.717, 1.165) is 11.1 Å². The Kier molecular flexibility index (Phi) is 5.49. The summed E-state index contributed by atoms with van der Waals surface area (Å²) in [7, 11) is 0. The molecule has 0 bridgehead atoms. The van der Waals surface area contributed by atoms with Gasteiger partial charge >= 0.3 is 6.18 Å². The van der Waals surface area contributed by atoms with Crippen LogP contribution in [0.5, 0.6) is 5.75 Å². The number of ether oxygens (including phenoxy) is 1. The molecule has 1 atom stereocenters. The minimum absolute atomic E-state index is 0.199. The lowest BCUT2D eigenvalue weighted by atomic mass is 9.85. The summed E-state index contributed by atoms with van der Waals surface area (Å²) in [4.78, 5) is 11.7. The van der Waals surface area contributed by atoms with E-state index in [1.807, 2.05) is 36.4 Å². The van der Waals surface area contributed by atoms with E-state index in [-0.39, 0.29) is 5.57 Å². The predicted octanol–water partition coefficient (Wildman–Crippen LogP) is 5.75. The lowest BCUT2D eigenvalue weighted by Crippen LogP contribution is -2.28. The average molecular weight is 372 g/mol. The molecule has 0 saturated carbocycles. The van der Waals surface area contributed by atoms with Gasteiger partial charge in [-0.05, 0) is 47.2 Å². The van der Waals surface area contributed by atoms with Gasteiger partial charge in [0.25, 0.3) is 5.78 Å². The second-order valence-electron chi connectivity index (χ2n) is 6.52. The zero-order valence-electron chi connectivity index (χ0n) is 14.8. The number of ketones is 1. The van der Waals surface area contributed by atoms with Crippen molar-refractivity contribution >= 4 is 11.4 Å². The molecule has 1 aliphatic carbocycles. The lowest BCUT2D eigenvalue weighted by Gasteiger charge is -2.21. The van der Waals surface area contributed by atoms with E-state index >= 15 is 0 Å². The molecule has 0 spiro atoms. The molecule has 0 N–H and O–H groups in total. The van der Waals surface area contributed by atoms with Crippen LogP contribution < -0.4 is 4.74 Å². The number of hydrogen-bond acceptors (Lipinski definition) is 2. The molecule has 27 heavy (non-hydrogen) atoms. The quantitative estimate of drug-likeness (QED) is 0.668. The van der Waals surface area contributed by atoms with Crippen molar-refractivity contribution in [2.75, 3.05) is 0 Å². The van der Waals surface area contributed by atoms with Crippen LogP contribution in [-0.4, -0.2) is 12.0 Å². The third-order valence-electron chi connectivity index (χ3n) is 4.47. The normalized spacial score (nSPS) is 17.1. The summed E-state index contributed by atoms with van der Waals surface area (Å²) in [5, 5.41) is 0. The van der Waals surface area contributed by atoms with E-state index in [0.29, 0.717) is 24.4 Å². The first-order valence-corrected chi connectivity index (χ1v) is 8.65. The molecule has 0 radical (unpaired) electrons. The van der Waals surface area contributed by atoms with E-state index in [9.17, 15) is 18.0 Å². The molecule has 1 aliphatic rings. The zero-order valence-corrected chi connectivity index (χ0v) is 14.8. The van der Waals surface area contributed by atoms with Gasteiger partial charge in [0, 0.05) is 5.57 Å². The fourth-order valence-corrected chi connectivity index (χ4v) is 2.96. The molecular weight excluding hydrogens is 353 g/mol. The number of halogens is 3. The SMILES string of the molecule is C[C@H]1CC=C(c2cccc(OCc3ccccc3)c2)C=C1C(=O)C(F)(F)F. The molecule has 0 aromatic heterocycles. The van der Waals surface area contributed by atoms with Gasteiger partial charge in [-0.3, -0.25) is 4.79 Å². The average Bonchev–Trinajstić information content (AvgIpc) is 2.66. The third kappa shape index (κ3) is 4.67. The van der Waals surface area contributed by atoms with Gasteiger partial charge in [-0.2, -0.15) is 13.2 Å². The number of carbonyl (C=O) groups excluding carboxylic acids is 1. The Morgan fingerprint density at radius 2 is 1.85 bits per heavy atom. The van der Waals surface area contributed by atoms with Gasteiger partial charge < -0.3 is 4.74 Å². The maximum Gasteiger partial charge on any atom is 0.454 e. The zero-order chi connectivity index (χ0) is 19.4. The van der Waals surface area contributed by atoms with Crippen LogP contribution in [0.3, 0.4) is 0 Å². The molecule has 5 heteroatoms. The number of alkyl halides is 3. The Labute approximate surface area is 156 Å². The summed E-state index contributed by atoms with van der Waals surface area (Å²) in [6.07, 6.45) is -1.27. The standard InChI is InChI=1S/C22H19F3O2/c1-15-10-11-18(13-20(15)21(26)22(23,24)25)17-8-5-9-19(12-17)27-14-16-6-3-2-4-7-16/h2-9,11-13,15H,10,14H2,1H3/t15-/m0/s1. The summed E-state index contributed by atoms with van der Waals surface area (Å²) in [6, 6.07) is 16.8. The van der Waals surface area contributed by atoms with Crippen LogP contribution in [0, 0.1) is 5.92 Å². The topological polar surface area (TPSA) is 26.3 Å². The molecule has 0 fully saturated rings. The monoisotopic (exact) mass is 372 g/mol. The minimum atomic E-state index is -4.86. The molecule has 3 rings (SSSR count). The van der Waals surface area contributed by atoms with Crippen molar-refractivity contribution < 1.29 is 22.7 Å². The number of hydrogen-bond donors (Lipinski definition) is 0. The summed E-state index contributed by atoms with van der Waals surface area (Å²) < 4.78 is 44.3. The van der Waals surface area contributed by atoms with Crippen LogP contribution in [0.2, 0.25) is 0 Å². The van der Waals surface area contributed by atoms with Gasteiger partial charge in [-0.25, -0.2) is 0 Å². The second kappa shape index (κ2) is 7.82. The molecule has 0 heterocycles. The van der Waals surface area contributed by atoms with Crippen molar-refractivity contribution in [2.45, 2.75) is 26.1 Å². The number of rotatable bonds is 5. The highest BCUT2D eigenvalue weighted by Crippen LogP contribution is 2.34. The fourth-order valence-electron chi connectivity index (χ4n) is 2.96. The molecule has 2 nitrogen and oxygen atoms in total. The van der Waals surface area contributed by atoms with Crippen LogP contribution in [-0.2, 0) is 11.4 Å². The number of Topliss-reactive ketones (excluding diaryl/α,β-unsaturated/α-hetero) is 1. The van der Waals surface area contributed by atoms with Gasteiger partial charge in [-0.1, -0.05) is 55.5 Å². The summed E-state index contributed by atoms with van der Waals surface area (Å²) >= 11 is 0. The molecule has 2 aromatic rings. The van der Waals surface area contributed by atoms with E-state index in [4.69, 9.17) is 4.74 Å². The molecule has 0 amide bonds. The van der Waals surface area contributed by atoms with E-state index in [1.165, 1.54) is 6.08 Å². The van der Waals surface area contributed by atoms with Crippen molar-refractivity contribution in [3.63, 3.8) is 0 Å². The maximum absolute atomic E-state index is 12.8. The number of carbonyl (C=O) groups is 1. The Morgan fingerprint density at radius 3 is 2.56 bits per heavy atom. The van der Waals surface area contributed by atoms with E-state index < -0.39 is 17.9 Å². The third-order valence-corrected chi connectivity index (χ3v) is 4.47. The van der Waals surface area contributed by atoms with E-state index in [2.05, 4.69) is 0 Å². The summed E-state index contributed by atoms with van der Waals surface area (Å²) in [5.74, 6) is -1.61. The first-order chi connectivity index (χ1) is 12.8. The molecule has 0 saturated heterocycles. The van der Waals surface area contributed by atoms with Crippen LogP contribution in [0.15, 0.2) is 72.3 Å². The molecular formula is C22H19F3O2. The Morgan fingerprint density at radius 1 is 1.11 bits per heavy atom. The highest BCUT2D eigenvalue weighted by molar-refractivity contribution is 6.02. The van der Waals surface area contributed by atoms with Crippen LogP contribution in [0.1, 0.15) is 24.5 Å². The lowest BCUT2D eigenvalue weighted by molar-refractivity contribution is -0.167. The second-order valence-corrected chi connectivity index (χ2v) is 6.52. The van der Waals surface area contributed by atoms with Gasteiger partial charge in [0.15, 0.2) is 0 Å². The van der Waals surface area contributed by atoms with Crippen LogP contribution >= 0.6 is 0 Å². The van der Waals surface area contributed by atoms with Crippen LogP contribution in [0.4, 0.5) is 13.2 Å². The predicted molar refractivity (Wildman–Crippen MR) is 98.1 cm³/mol. The van der Waals surface area contributed by atoms with Gasteiger partial charge in [0.2, 0.25) is 0 Å². The number of allylic oxidation sites excluding steroid dienone is 4. The van der Waals surface area contributed by atoms with E-state index in [1.54, 1.807) is 31.2 Å². The maximum atomic E-state index is 12.8. The van der Waals surface area contributed by atoms with Crippen molar-refractivity contribution in [1.29, 1.82) is 0 Å². The number of benzene rings is 2. The fraction of sp³-hybridized carbons (Fsp3) is 0.227.